The largest absolute Gasteiger partial charge is 0.480 e. The number of nitrogens with one attached hydrogen (secondary N) is 3. The van der Waals surface area contributed by atoms with E-state index in [2.05, 4.69) is 28.6 Å². The van der Waals surface area contributed by atoms with Gasteiger partial charge < -0.3 is 26.8 Å². The Balaban J connectivity index is 4.95. The zero-order valence-electron chi connectivity index (χ0n) is 16.3. The van der Waals surface area contributed by atoms with Gasteiger partial charge in [-0.3, -0.25) is 14.4 Å². The Kier molecular flexibility index (Phi) is 11.7. The van der Waals surface area contributed by atoms with Crippen molar-refractivity contribution >= 4 is 36.3 Å². The van der Waals surface area contributed by atoms with E-state index >= 15 is 0 Å². The summed E-state index contributed by atoms with van der Waals surface area (Å²) in [5.41, 5.74) is 5.50. The first kappa shape index (κ1) is 25.2. The summed E-state index contributed by atoms with van der Waals surface area (Å²) in [4.78, 5) is 47.6. The van der Waals surface area contributed by atoms with Gasteiger partial charge in [0.1, 0.15) is 12.1 Å². The Hall–Kier alpha value is -1.81. The maximum absolute atomic E-state index is 12.5. The predicted octanol–water partition coefficient (Wildman–Crippen LogP) is -0.494. The van der Waals surface area contributed by atoms with Crippen molar-refractivity contribution in [2.24, 2.45) is 17.6 Å². The van der Waals surface area contributed by atoms with E-state index in [1.807, 2.05) is 20.8 Å². The molecular formula is C17H32N4O5S. The number of carboxylic acid groups (broad SMARTS) is 1. The molecule has 0 aliphatic rings. The number of aliphatic carboxylic acids is 1. The van der Waals surface area contributed by atoms with Crippen LogP contribution in [0.4, 0.5) is 0 Å². The molecule has 0 spiro atoms. The average molecular weight is 405 g/mol. The van der Waals surface area contributed by atoms with Crippen molar-refractivity contribution < 1.29 is 24.3 Å². The van der Waals surface area contributed by atoms with Crippen LogP contribution in [0.1, 0.15) is 40.5 Å². The number of rotatable bonds is 12. The van der Waals surface area contributed by atoms with Gasteiger partial charge >= 0.3 is 5.97 Å². The molecule has 3 amide bonds. The van der Waals surface area contributed by atoms with Crippen LogP contribution in [0.2, 0.25) is 0 Å². The Morgan fingerprint density at radius 3 is 2.11 bits per heavy atom. The lowest BCUT2D eigenvalue weighted by Crippen LogP contribution is -2.55. The summed E-state index contributed by atoms with van der Waals surface area (Å²) in [6.07, 6.45) is 0.907. The van der Waals surface area contributed by atoms with Crippen LogP contribution in [0.25, 0.3) is 0 Å². The average Bonchev–Trinajstić information content (AvgIpc) is 2.61. The second-order valence-electron chi connectivity index (χ2n) is 6.97. The molecule has 0 saturated heterocycles. The van der Waals surface area contributed by atoms with Gasteiger partial charge in [-0.1, -0.05) is 34.1 Å². The number of hydrogen-bond acceptors (Lipinski definition) is 6. The van der Waals surface area contributed by atoms with Crippen LogP contribution in [0.3, 0.4) is 0 Å². The fourth-order valence-corrected chi connectivity index (χ4v) is 2.43. The highest BCUT2D eigenvalue weighted by molar-refractivity contribution is 7.80. The Labute approximate surface area is 165 Å². The van der Waals surface area contributed by atoms with E-state index in [1.54, 1.807) is 6.92 Å². The molecular weight excluding hydrogens is 372 g/mol. The van der Waals surface area contributed by atoms with E-state index in [4.69, 9.17) is 5.73 Å². The summed E-state index contributed by atoms with van der Waals surface area (Å²) in [7, 11) is 0. The van der Waals surface area contributed by atoms with Crippen LogP contribution in [0, 0.1) is 11.8 Å². The first-order chi connectivity index (χ1) is 12.5. The lowest BCUT2D eigenvalue weighted by atomic mass is 9.97. The van der Waals surface area contributed by atoms with Gasteiger partial charge in [-0.25, -0.2) is 4.79 Å². The molecule has 0 aromatic rings. The number of carbonyl (C=O) groups is 4. The van der Waals surface area contributed by atoms with Gasteiger partial charge in [0, 0.05) is 5.75 Å². The van der Waals surface area contributed by atoms with E-state index in [0.717, 1.165) is 0 Å². The summed E-state index contributed by atoms with van der Waals surface area (Å²) < 4.78 is 0. The monoisotopic (exact) mass is 404 g/mol. The minimum absolute atomic E-state index is 0.0834. The Morgan fingerprint density at radius 2 is 1.67 bits per heavy atom. The standard InChI is InChI=1S/C17H32N4O5S/c1-5-10(4)14(17(25)26)21-16(24)12(6-9(2)3)20-13(22)7-19-15(23)11(18)8-27/h9-12,14,27H,5-8,18H2,1-4H3,(H,19,23)(H,20,22)(H,21,24)(H,25,26). The minimum Gasteiger partial charge on any atom is -0.480 e. The van der Waals surface area contributed by atoms with Crippen molar-refractivity contribution in [2.45, 2.75) is 58.7 Å². The molecule has 0 saturated carbocycles. The van der Waals surface area contributed by atoms with Crippen LogP contribution >= 0.6 is 12.6 Å². The molecule has 0 aliphatic carbocycles. The zero-order valence-corrected chi connectivity index (χ0v) is 17.2. The topological polar surface area (TPSA) is 151 Å². The number of hydrogen-bond donors (Lipinski definition) is 6. The second kappa shape index (κ2) is 12.6. The molecule has 9 nitrogen and oxygen atoms in total. The summed E-state index contributed by atoms with van der Waals surface area (Å²) >= 11 is 3.90. The van der Waals surface area contributed by atoms with Gasteiger partial charge in [0.15, 0.2) is 0 Å². The maximum Gasteiger partial charge on any atom is 0.326 e. The van der Waals surface area contributed by atoms with Crippen molar-refractivity contribution in [2.75, 3.05) is 12.3 Å². The minimum atomic E-state index is -1.12. The van der Waals surface area contributed by atoms with E-state index < -0.39 is 41.8 Å². The lowest BCUT2D eigenvalue weighted by molar-refractivity contribution is -0.143. The molecule has 0 fully saturated rings. The summed E-state index contributed by atoms with van der Waals surface area (Å²) in [5, 5.41) is 16.7. The normalized spacial score (nSPS) is 15.4. The van der Waals surface area contributed by atoms with Crippen LogP contribution in [-0.4, -0.2) is 59.2 Å². The smallest absolute Gasteiger partial charge is 0.326 e. The third kappa shape index (κ3) is 9.62. The van der Waals surface area contributed by atoms with Crippen molar-refractivity contribution in [3.8, 4) is 0 Å². The predicted molar refractivity (Wildman–Crippen MR) is 105 cm³/mol. The molecule has 0 heterocycles. The highest BCUT2D eigenvalue weighted by Crippen LogP contribution is 2.10. The third-order valence-electron chi connectivity index (χ3n) is 4.09. The fraction of sp³-hybridized carbons (Fsp3) is 0.765. The van der Waals surface area contributed by atoms with Crippen molar-refractivity contribution in [1.29, 1.82) is 0 Å². The Bertz CT molecular complexity index is 529. The van der Waals surface area contributed by atoms with Gasteiger partial charge in [0.25, 0.3) is 0 Å². The van der Waals surface area contributed by atoms with Crippen LogP contribution in [0.5, 0.6) is 0 Å². The Morgan fingerprint density at radius 1 is 1.07 bits per heavy atom. The van der Waals surface area contributed by atoms with Gasteiger partial charge in [-0.2, -0.15) is 12.6 Å². The van der Waals surface area contributed by atoms with Gasteiger partial charge in [-0.15, -0.1) is 0 Å². The molecule has 27 heavy (non-hydrogen) atoms. The van der Waals surface area contributed by atoms with Crippen molar-refractivity contribution in [1.82, 2.24) is 16.0 Å². The number of carbonyl (C=O) groups excluding carboxylic acids is 3. The molecule has 0 aliphatic heterocycles. The molecule has 4 unspecified atom stereocenters. The van der Waals surface area contributed by atoms with E-state index in [-0.39, 0.29) is 24.1 Å². The third-order valence-corrected chi connectivity index (χ3v) is 4.49. The first-order valence-electron chi connectivity index (χ1n) is 9.00. The summed E-state index contributed by atoms with van der Waals surface area (Å²) in [6.45, 7) is 6.98. The summed E-state index contributed by atoms with van der Waals surface area (Å²) in [5.74, 6) is -2.82. The molecule has 0 rings (SSSR count). The van der Waals surface area contributed by atoms with Gasteiger partial charge in [-0.05, 0) is 18.3 Å². The quantitative estimate of drug-likeness (QED) is 0.242. The molecule has 4 atom stereocenters. The molecule has 0 aromatic heterocycles. The number of carboxylic acids is 1. The van der Waals surface area contributed by atoms with Gasteiger partial charge in [0.05, 0.1) is 12.6 Å². The second-order valence-corrected chi connectivity index (χ2v) is 7.33. The van der Waals surface area contributed by atoms with Crippen LogP contribution in [-0.2, 0) is 19.2 Å². The highest BCUT2D eigenvalue weighted by Gasteiger charge is 2.30. The molecule has 6 N–H and O–H groups in total. The summed E-state index contributed by atoms with van der Waals surface area (Å²) in [6, 6.07) is -2.77. The van der Waals surface area contributed by atoms with E-state index in [0.29, 0.717) is 12.8 Å². The molecule has 10 heteroatoms. The fourth-order valence-electron chi connectivity index (χ4n) is 2.27. The molecule has 0 radical (unpaired) electrons. The number of nitrogens with two attached hydrogens (primary N) is 1. The maximum atomic E-state index is 12.5. The van der Waals surface area contributed by atoms with Gasteiger partial charge in [0.2, 0.25) is 17.7 Å². The van der Waals surface area contributed by atoms with Crippen LogP contribution < -0.4 is 21.7 Å². The van der Waals surface area contributed by atoms with Crippen molar-refractivity contribution in [3.05, 3.63) is 0 Å². The molecule has 156 valence electrons. The zero-order chi connectivity index (χ0) is 21.1. The van der Waals surface area contributed by atoms with E-state index in [1.165, 1.54) is 0 Å². The molecule has 0 bridgehead atoms. The SMILES string of the molecule is CCC(C)C(NC(=O)C(CC(C)C)NC(=O)CNC(=O)C(N)CS)C(=O)O. The van der Waals surface area contributed by atoms with Crippen molar-refractivity contribution in [3.63, 3.8) is 0 Å². The first-order valence-corrected chi connectivity index (χ1v) is 9.63. The van der Waals surface area contributed by atoms with E-state index in [9.17, 15) is 24.3 Å². The number of amides is 3. The van der Waals surface area contributed by atoms with Crippen LogP contribution in [0.15, 0.2) is 0 Å². The highest BCUT2D eigenvalue weighted by atomic mass is 32.1. The number of thiol groups is 1. The molecule has 0 aromatic carbocycles. The lowest BCUT2D eigenvalue weighted by Gasteiger charge is -2.25.